The maximum Gasteiger partial charge on any atom is 0.415 e. The quantitative estimate of drug-likeness (QED) is 0.338. The predicted molar refractivity (Wildman–Crippen MR) is 115 cm³/mol. The summed E-state index contributed by atoms with van der Waals surface area (Å²) in [5.41, 5.74) is 2.96. The van der Waals surface area contributed by atoms with E-state index in [1.54, 1.807) is 9.25 Å². The number of hydrogen-bond acceptors (Lipinski definition) is 7. The maximum absolute atomic E-state index is 10.9. The van der Waals surface area contributed by atoms with Crippen LogP contribution in [0.2, 0.25) is 0 Å². The Balaban J connectivity index is 1.33. The van der Waals surface area contributed by atoms with Gasteiger partial charge >= 0.3 is 11.8 Å². The minimum atomic E-state index is -0.708. The Morgan fingerprint density at radius 1 is 1.19 bits per heavy atom. The van der Waals surface area contributed by atoms with E-state index in [-0.39, 0.29) is 18.4 Å². The van der Waals surface area contributed by atoms with E-state index in [2.05, 4.69) is 15.3 Å². The molecule has 0 N–H and O–H groups in total. The molecule has 0 bridgehead atoms. The molecule has 3 heterocycles. The molecule has 4 aromatic rings. The molecule has 1 aliphatic rings. The lowest BCUT2D eigenvalue weighted by atomic mass is 10.1. The monoisotopic (exact) mass is 432 g/mol. The first-order valence-corrected chi connectivity index (χ1v) is 10.0. The van der Waals surface area contributed by atoms with Crippen molar-refractivity contribution in [3.8, 4) is 28.7 Å². The fourth-order valence-corrected chi connectivity index (χ4v) is 3.59. The molecule has 0 radical (unpaired) electrons. The van der Waals surface area contributed by atoms with Gasteiger partial charge in [-0.2, -0.15) is 0 Å². The van der Waals surface area contributed by atoms with Crippen molar-refractivity contribution in [2.24, 2.45) is 0 Å². The smallest absolute Gasteiger partial charge is 0.415 e. The third kappa shape index (κ3) is 3.66. The second kappa shape index (κ2) is 7.49. The Kier molecular flexibility index (Phi) is 4.62. The number of aromatic nitrogens is 5. The number of benzene rings is 2. The number of nitro groups is 1. The second-order valence-corrected chi connectivity index (χ2v) is 7.99. The van der Waals surface area contributed by atoms with E-state index in [0.717, 1.165) is 16.9 Å². The van der Waals surface area contributed by atoms with Crippen LogP contribution in [0.3, 0.4) is 0 Å². The van der Waals surface area contributed by atoms with Gasteiger partial charge in [-0.25, -0.2) is 4.68 Å². The minimum absolute atomic E-state index is 0.218. The zero-order chi connectivity index (χ0) is 22.3. The number of fused-ring (bicyclic) bond motifs is 1. The molecule has 2 aromatic heterocycles. The van der Waals surface area contributed by atoms with Crippen LogP contribution in [-0.4, -0.2) is 41.7 Å². The lowest BCUT2D eigenvalue weighted by molar-refractivity contribution is -0.389. The van der Waals surface area contributed by atoms with E-state index in [9.17, 15) is 10.1 Å². The number of aryl methyl sites for hydroxylation is 1. The average molecular weight is 432 g/mol. The summed E-state index contributed by atoms with van der Waals surface area (Å²) >= 11 is 0. The van der Waals surface area contributed by atoms with E-state index in [4.69, 9.17) is 9.47 Å². The molecule has 10 heteroatoms. The molecule has 0 saturated carbocycles. The van der Waals surface area contributed by atoms with Crippen LogP contribution in [0, 0.1) is 17.0 Å². The Morgan fingerprint density at radius 3 is 2.72 bits per heavy atom. The highest BCUT2D eigenvalue weighted by atomic mass is 16.6. The van der Waals surface area contributed by atoms with Crippen molar-refractivity contribution < 1.29 is 14.4 Å². The average Bonchev–Trinajstić information content (AvgIpc) is 3.47. The van der Waals surface area contributed by atoms with Crippen molar-refractivity contribution in [1.29, 1.82) is 0 Å². The molecule has 162 valence electrons. The summed E-state index contributed by atoms with van der Waals surface area (Å²) in [6.07, 6.45) is 3.23. The molecular formula is C22H20N6O4. The fraction of sp³-hybridized carbons (Fsp3) is 0.227. The number of ether oxygens (including phenoxy) is 2. The van der Waals surface area contributed by atoms with Gasteiger partial charge in [-0.05, 0) is 30.9 Å². The van der Waals surface area contributed by atoms with Gasteiger partial charge < -0.3 is 19.6 Å². The van der Waals surface area contributed by atoms with E-state index >= 15 is 0 Å². The topological polar surface area (TPSA) is 110 Å². The van der Waals surface area contributed by atoms with Crippen LogP contribution >= 0.6 is 0 Å². The summed E-state index contributed by atoms with van der Waals surface area (Å²) in [5, 5.41) is 19.5. The van der Waals surface area contributed by atoms with Crippen LogP contribution < -0.4 is 9.47 Å². The molecule has 1 aliphatic heterocycles. The minimum Gasteiger partial charge on any atom is -0.487 e. The third-order valence-corrected chi connectivity index (χ3v) is 5.24. The van der Waals surface area contributed by atoms with E-state index in [1.807, 2.05) is 68.6 Å². The molecule has 0 amide bonds. The summed E-state index contributed by atoms with van der Waals surface area (Å²) in [7, 11) is 0. The highest BCUT2D eigenvalue weighted by molar-refractivity contribution is 5.59. The number of hydrogen-bond donors (Lipinski definition) is 0. The van der Waals surface area contributed by atoms with Gasteiger partial charge in [0.1, 0.15) is 29.9 Å². The van der Waals surface area contributed by atoms with Gasteiger partial charge in [-0.1, -0.05) is 47.2 Å². The van der Waals surface area contributed by atoms with Crippen LogP contribution in [0.1, 0.15) is 12.5 Å². The molecule has 0 spiro atoms. The van der Waals surface area contributed by atoms with Gasteiger partial charge in [0.15, 0.2) is 5.60 Å². The van der Waals surface area contributed by atoms with Gasteiger partial charge in [-0.15, -0.1) is 5.10 Å². The van der Waals surface area contributed by atoms with Crippen molar-refractivity contribution in [1.82, 2.24) is 24.5 Å². The molecule has 0 fully saturated rings. The summed E-state index contributed by atoms with van der Waals surface area (Å²) < 4.78 is 15.3. The summed E-state index contributed by atoms with van der Waals surface area (Å²) in [6.45, 7) is 4.53. The molecule has 0 unspecified atom stereocenters. The summed E-state index contributed by atoms with van der Waals surface area (Å²) in [5.74, 6) is 0.386. The first kappa shape index (κ1) is 19.7. The molecule has 0 saturated heterocycles. The van der Waals surface area contributed by atoms with Crippen molar-refractivity contribution >= 4 is 5.82 Å². The molecule has 10 nitrogen and oxygen atoms in total. The maximum atomic E-state index is 10.9. The van der Waals surface area contributed by atoms with E-state index in [0.29, 0.717) is 12.3 Å². The van der Waals surface area contributed by atoms with Crippen LogP contribution in [0.4, 0.5) is 5.82 Å². The summed E-state index contributed by atoms with van der Waals surface area (Å²) in [4.78, 5) is 14.3. The Hall–Kier alpha value is -4.21. The van der Waals surface area contributed by atoms with Crippen molar-refractivity contribution in [2.75, 3.05) is 6.61 Å². The second-order valence-electron chi connectivity index (χ2n) is 7.99. The number of nitrogens with zero attached hydrogens (tertiary/aromatic N) is 6. The fourth-order valence-electron chi connectivity index (χ4n) is 3.59. The lowest BCUT2D eigenvalue weighted by Crippen LogP contribution is -2.38. The van der Waals surface area contributed by atoms with Crippen molar-refractivity contribution in [2.45, 2.75) is 26.0 Å². The first-order valence-electron chi connectivity index (χ1n) is 10.0. The van der Waals surface area contributed by atoms with E-state index < -0.39 is 10.5 Å². The number of rotatable bonds is 6. The van der Waals surface area contributed by atoms with Gasteiger partial charge in [-0.3, -0.25) is 4.57 Å². The van der Waals surface area contributed by atoms with Crippen LogP contribution in [0.5, 0.6) is 11.8 Å². The highest BCUT2D eigenvalue weighted by Gasteiger charge is 2.41. The van der Waals surface area contributed by atoms with Gasteiger partial charge in [0.25, 0.3) is 0 Å². The third-order valence-electron chi connectivity index (χ3n) is 5.24. The van der Waals surface area contributed by atoms with Gasteiger partial charge in [0.2, 0.25) is 0 Å². The first-order chi connectivity index (χ1) is 15.4. The normalized spacial score (nSPS) is 17.1. The standard InChI is InChI=1S/C22H20N6O4/c1-15-7-9-16(10-8-15)17-11-27(25-24-17)18-5-3-4-6-19(18)31-14-22(2)13-26-12-20(28(29)30)23-21(26)32-22/h3-12H,13-14H2,1-2H3/t22-/m1/s1. The number of imidazole rings is 1. The van der Waals surface area contributed by atoms with Crippen molar-refractivity contribution in [3.05, 3.63) is 76.6 Å². The predicted octanol–water partition coefficient (Wildman–Crippen LogP) is 3.58. The molecular weight excluding hydrogens is 412 g/mol. The van der Waals surface area contributed by atoms with Crippen molar-refractivity contribution in [3.63, 3.8) is 0 Å². The van der Waals surface area contributed by atoms with E-state index in [1.165, 1.54) is 11.8 Å². The molecule has 1 atom stereocenters. The zero-order valence-corrected chi connectivity index (χ0v) is 17.5. The molecule has 32 heavy (non-hydrogen) atoms. The molecule has 5 rings (SSSR count). The van der Waals surface area contributed by atoms with Crippen LogP contribution in [0.15, 0.2) is 60.9 Å². The summed E-state index contributed by atoms with van der Waals surface area (Å²) in [6, 6.07) is 15.8. The largest absolute Gasteiger partial charge is 0.487 e. The Labute approximate surface area is 183 Å². The van der Waals surface area contributed by atoms with Gasteiger partial charge in [0.05, 0.1) is 12.7 Å². The zero-order valence-electron chi connectivity index (χ0n) is 17.5. The van der Waals surface area contributed by atoms with Crippen LogP contribution in [0.25, 0.3) is 16.9 Å². The number of para-hydroxylation sites is 2. The molecule has 2 aromatic carbocycles. The van der Waals surface area contributed by atoms with Crippen LogP contribution in [-0.2, 0) is 6.54 Å². The highest BCUT2D eigenvalue weighted by Crippen LogP contribution is 2.32. The SMILES string of the molecule is Cc1ccc(-c2cn(-c3ccccc3OC[C@@]3(C)Cn4cc([N+](=O)[O-])nc4O3)nn2)cc1. The lowest BCUT2D eigenvalue weighted by Gasteiger charge is -2.22. The van der Waals surface area contributed by atoms with Gasteiger partial charge in [0, 0.05) is 10.5 Å². The Bertz CT molecular complexity index is 1270. The molecule has 0 aliphatic carbocycles. The Morgan fingerprint density at radius 2 is 1.97 bits per heavy atom.